The molecule has 9 N–H and O–H groups in total. The molecule has 7 atom stereocenters. The fourth-order valence-electron chi connectivity index (χ4n) is 7.42. The molecular formula is C47H52N7O18P3. The van der Waals surface area contributed by atoms with Crippen LogP contribution in [-0.2, 0) is 31.8 Å². The molecule has 2 aliphatic heterocycles. The number of aliphatic hydroxyl groups is 1. The lowest BCUT2D eigenvalue weighted by atomic mass is 9.89. The molecule has 28 heteroatoms. The van der Waals surface area contributed by atoms with Gasteiger partial charge >= 0.3 is 30.1 Å². The highest BCUT2D eigenvalue weighted by molar-refractivity contribution is 7.59. The second kappa shape index (κ2) is 25.3. The number of nitrogens with one attached hydrogen (secondary N) is 2. The van der Waals surface area contributed by atoms with Crippen LogP contribution in [0.4, 0.5) is 5.82 Å². The van der Waals surface area contributed by atoms with E-state index < -0.39 is 66.1 Å². The van der Waals surface area contributed by atoms with Crippen molar-refractivity contribution in [3.05, 3.63) is 124 Å². The molecular weight excluding hydrogens is 1040 g/mol. The Bertz CT molecular complexity index is 3350. The number of carbonyl (C=O) groups excluding carboxylic acids is 1. The number of hydrogen-bond acceptors (Lipinski definition) is 20. The third-order valence-electron chi connectivity index (χ3n) is 10.8. The maximum Gasteiger partial charge on any atom is 0.491 e. The van der Waals surface area contributed by atoms with Gasteiger partial charge < -0.3 is 49.8 Å². The minimum Gasteiger partial charge on any atom is -0.508 e. The number of imidazole rings is 1. The number of ether oxygens (including phenoxy) is 1. The van der Waals surface area contributed by atoms with Gasteiger partial charge in [0.15, 0.2) is 22.4 Å². The number of aliphatic hydroxyl groups excluding tert-OH is 1. The number of phenols is 1. The molecule has 3 aliphatic rings. The number of phosphoric acid groups is 2. The number of fused-ring (bicyclic) bond motifs is 3. The summed E-state index contributed by atoms with van der Waals surface area (Å²) in [5, 5.41) is 47.1. The van der Waals surface area contributed by atoms with Crippen molar-refractivity contribution < 1.29 is 81.1 Å². The smallest absolute Gasteiger partial charge is 0.491 e. The third-order valence-corrected chi connectivity index (χ3v) is 14.0. The molecule has 5 aromatic rings. The van der Waals surface area contributed by atoms with Gasteiger partial charge in [-0.05, 0) is 72.6 Å². The molecule has 75 heavy (non-hydrogen) atoms. The maximum absolute atomic E-state index is 13.4. The van der Waals surface area contributed by atoms with Crippen LogP contribution in [0.2, 0.25) is 0 Å². The van der Waals surface area contributed by atoms with Crippen molar-refractivity contribution in [1.29, 1.82) is 0 Å². The molecule has 7 unspecified atom stereocenters. The quantitative estimate of drug-likeness (QED) is 0.0184. The van der Waals surface area contributed by atoms with Gasteiger partial charge in [0, 0.05) is 58.3 Å². The number of carbonyl (C=O) groups is 2. The molecule has 2 aromatic heterocycles. The number of phosphoric ester groups is 2. The monoisotopic (exact) mass is 1100 g/mol. The number of phenolic OH excluding ortho intramolecular Hbond substituents is 1. The van der Waals surface area contributed by atoms with Crippen LogP contribution in [0.1, 0.15) is 85.2 Å². The van der Waals surface area contributed by atoms with Crippen molar-refractivity contribution in [2.75, 3.05) is 25.6 Å². The van der Waals surface area contributed by atoms with E-state index in [0.717, 1.165) is 12.7 Å². The van der Waals surface area contributed by atoms with Gasteiger partial charge in [0.1, 0.15) is 35.8 Å². The van der Waals surface area contributed by atoms with Gasteiger partial charge in [-0.1, -0.05) is 51.7 Å². The van der Waals surface area contributed by atoms with Crippen LogP contribution in [0, 0.1) is 11.8 Å². The van der Waals surface area contributed by atoms with Crippen molar-refractivity contribution in [3.63, 3.8) is 0 Å². The molecule has 25 nitrogen and oxygen atoms in total. The molecule has 8 rings (SSSR count). The molecule has 1 amide bonds. The van der Waals surface area contributed by atoms with E-state index in [9.17, 15) is 58.7 Å². The van der Waals surface area contributed by atoms with Gasteiger partial charge in [0.05, 0.1) is 37.2 Å². The lowest BCUT2D eigenvalue weighted by molar-refractivity contribution is -0.224. The van der Waals surface area contributed by atoms with Crippen LogP contribution >= 0.6 is 24.2 Å². The number of rotatable bonds is 17. The Morgan fingerprint density at radius 3 is 2.41 bits per heavy atom. The lowest BCUT2D eigenvalue weighted by Crippen LogP contribution is -2.26. The Hall–Kier alpha value is -6.55. The SMILES string of the molecule is CC.CC.COP(=O)(O)OP(O)N(O)OP(=O)(O)OCC1OC(n2cnc3c(NC(C)c4ccc(C#CCNC(=O)c5ccc(C(=O)O)c(-c6c7ccc(=O)cc-7oc7cc(O)ccc67)c5)cc4)ncnc32)CC1O. The first-order chi connectivity index (χ1) is 35.8. The summed E-state index contributed by atoms with van der Waals surface area (Å²) in [5.41, 5.74) is 3.09. The number of aromatic hydroxyl groups is 1. The fraction of sp³-hybridized carbons (Fsp3) is 0.277. The van der Waals surface area contributed by atoms with Gasteiger partial charge in [-0.25, -0.2) is 33.2 Å². The molecule has 3 aromatic carbocycles. The number of aromatic nitrogens is 4. The summed E-state index contributed by atoms with van der Waals surface area (Å²) in [4.78, 5) is 79.4. The van der Waals surface area contributed by atoms with Crippen LogP contribution in [-0.4, -0.2) is 104 Å². The molecule has 0 saturated carbocycles. The predicted octanol–water partition coefficient (Wildman–Crippen LogP) is 7.49. The van der Waals surface area contributed by atoms with Crippen LogP contribution in [0.25, 0.3) is 44.6 Å². The van der Waals surface area contributed by atoms with Gasteiger partial charge in [0.2, 0.25) is 0 Å². The average Bonchev–Trinajstić information content (AvgIpc) is 4.00. The van der Waals surface area contributed by atoms with Crippen molar-refractivity contribution >= 4 is 64.0 Å². The Labute approximate surface area is 428 Å². The minimum absolute atomic E-state index is 0.0310. The summed E-state index contributed by atoms with van der Waals surface area (Å²) < 4.78 is 54.3. The van der Waals surface area contributed by atoms with Crippen molar-refractivity contribution in [1.82, 2.24) is 29.8 Å². The van der Waals surface area contributed by atoms with Crippen molar-refractivity contribution in [3.8, 4) is 40.0 Å². The standard InChI is InChI=1S/C43H40N7O18P3.2C2H6/c1-23(48-40-39-41(46-21-45-40)49(22-47-39)37-19-33(53)36(66-37)20-64-71(61,62)67-50(57)69(58)68-70(59,60)63-2)25-7-5-24(6-8-25)4-3-15-44-42(54)26-9-12-29(43(55)56)32(16-26)38-30-13-10-27(51)17-34(30)65-35-18-28(52)11-14-31(35)38;2*1-2/h5-14,16-18,21-23,33,36-37,51,53,57-58H,15,19-20H2,1-2H3,(H,44,54)(H,55,56)(H,59,60)(H,61,62)(H,45,46,48);2*1-2H3. The molecule has 398 valence electrons. The van der Waals surface area contributed by atoms with E-state index in [-0.39, 0.29) is 58.2 Å². The first-order valence-electron chi connectivity index (χ1n) is 22.7. The largest absolute Gasteiger partial charge is 0.508 e. The highest BCUT2D eigenvalue weighted by Crippen LogP contribution is 2.58. The maximum atomic E-state index is 13.4. The molecule has 0 bridgehead atoms. The van der Waals surface area contributed by atoms with E-state index in [1.165, 1.54) is 65.8 Å². The van der Waals surface area contributed by atoms with E-state index in [4.69, 9.17) is 13.7 Å². The number of hydrogen-bond donors (Lipinski definition) is 9. The minimum atomic E-state index is -5.21. The first kappa shape index (κ1) is 57.7. The van der Waals surface area contributed by atoms with Gasteiger partial charge in [-0.2, -0.15) is 4.62 Å². The second-order valence-corrected chi connectivity index (χ2v) is 19.6. The zero-order valence-electron chi connectivity index (χ0n) is 40.8. The summed E-state index contributed by atoms with van der Waals surface area (Å²) in [6, 6.07) is 19.6. The number of benzene rings is 4. The molecule has 0 radical (unpaired) electrons. The number of aromatic carboxylic acids is 1. The fourth-order valence-corrected chi connectivity index (χ4v) is 9.77. The van der Waals surface area contributed by atoms with Crippen LogP contribution < -0.4 is 16.1 Å². The second-order valence-electron chi connectivity index (χ2n) is 15.4. The number of amides is 1. The van der Waals surface area contributed by atoms with E-state index in [1.807, 2.05) is 46.8 Å². The summed E-state index contributed by atoms with van der Waals surface area (Å²) in [6.07, 6.45) is -0.633. The first-order valence-corrected chi connectivity index (χ1v) is 26.9. The van der Waals surface area contributed by atoms with Crippen LogP contribution in [0.15, 0.2) is 101 Å². The normalized spacial score (nSPS) is 17.6. The summed E-state index contributed by atoms with van der Waals surface area (Å²) in [6.45, 7) is 9.10. The summed E-state index contributed by atoms with van der Waals surface area (Å²) in [7, 11) is -12.7. The van der Waals surface area contributed by atoms with E-state index in [1.54, 1.807) is 18.2 Å². The number of anilines is 1. The van der Waals surface area contributed by atoms with E-state index in [0.29, 0.717) is 39.1 Å². The molecule has 1 fully saturated rings. The molecule has 1 aliphatic carbocycles. The molecule has 0 spiro atoms. The van der Waals surface area contributed by atoms with Crippen LogP contribution in [0.3, 0.4) is 0 Å². The van der Waals surface area contributed by atoms with E-state index in [2.05, 4.69) is 50.9 Å². The highest BCUT2D eigenvalue weighted by Gasteiger charge is 2.40. The highest BCUT2D eigenvalue weighted by atomic mass is 31.3. The Balaban J connectivity index is 0.00000223. The zero-order chi connectivity index (χ0) is 54.8. The van der Waals surface area contributed by atoms with Crippen molar-refractivity contribution in [2.24, 2.45) is 0 Å². The molecule has 1 saturated heterocycles. The van der Waals surface area contributed by atoms with E-state index >= 15 is 0 Å². The summed E-state index contributed by atoms with van der Waals surface area (Å²) in [5.74, 6) is 4.59. The topological polar surface area (TPSA) is 357 Å². The number of nitrogens with zero attached hydrogens (tertiary/aromatic N) is 5. The van der Waals surface area contributed by atoms with Gasteiger partial charge in [-0.15, -0.1) is 0 Å². The predicted molar refractivity (Wildman–Crippen MR) is 271 cm³/mol. The van der Waals surface area contributed by atoms with Crippen LogP contribution in [0.5, 0.6) is 5.75 Å². The number of carboxylic acid groups (broad SMARTS) is 1. The van der Waals surface area contributed by atoms with Gasteiger partial charge in [-0.3, -0.25) is 28.4 Å². The average molecular weight is 1100 g/mol. The number of carboxylic acids is 1. The van der Waals surface area contributed by atoms with Crippen molar-refractivity contribution in [2.45, 2.75) is 65.5 Å². The van der Waals surface area contributed by atoms with Gasteiger partial charge in [0.25, 0.3) is 5.91 Å². The Morgan fingerprint density at radius 2 is 1.71 bits per heavy atom. The Kier molecular flexibility index (Phi) is 19.5. The lowest BCUT2D eigenvalue weighted by Gasteiger charge is -2.22. The summed E-state index contributed by atoms with van der Waals surface area (Å²) >= 11 is 0. The zero-order valence-corrected chi connectivity index (χ0v) is 43.5. The third kappa shape index (κ3) is 14.0. The molecule has 4 heterocycles. The Morgan fingerprint density at radius 1 is 0.973 bits per heavy atom.